The first-order valence-electron chi connectivity index (χ1n) is 25.6. The van der Waals surface area contributed by atoms with Crippen molar-refractivity contribution in [3.05, 3.63) is 284 Å². The van der Waals surface area contributed by atoms with Crippen molar-refractivity contribution in [1.82, 2.24) is 0 Å². The van der Waals surface area contributed by atoms with Crippen LogP contribution in [0.25, 0.3) is 82.0 Å². The van der Waals surface area contributed by atoms with Crippen molar-refractivity contribution in [2.24, 2.45) is 0 Å². The fraction of sp³-hybridized carbons (Fsp3) is 0.0972. The van der Waals surface area contributed by atoms with E-state index in [2.05, 4.69) is 218 Å². The number of hydrogen-bond donors (Lipinski definition) is 0. The van der Waals surface area contributed by atoms with E-state index in [1.165, 1.54) is 72.3 Å². The van der Waals surface area contributed by atoms with Gasteiger partial charge in [-0.1, -0.05) is 225 Å². The van der Waals surface area contributed by atoms with Crippen LogP contribution < -0.4 is 9.47 Å². The van der Waals surface area contributed by atoms with Crippen molar-refractivity contribution in [3.63, 3.8) is 0 Å². The number of ether oxygens (including phenoxy) is 2. The van der Waals surface area contributed by atoms with Crippen LogP contribution in [-0.2, 0) is 0 Å². The minimum atomic E-state index is 0.599. The van der Waals surface area contributed by atoms with E-state index in [1.807, 2.05) is 66.7 Å². The Bertz CT molecular complexity index is 3440. The summed E-state index contributed by atoms with van der Waals surface area (Å²) in [4.78, 5) is 11.0. The van der Waals surface area contributed by atoms with Gasteiger partial charge in [0.2, 0.25) is 0 Å². The molecule has 0 unspecified atom stereocenters. The summed E-state index contributed by atoms with van der Waals surface area (Å²) in [7, 11) is 0. The summed E-state index contributed by atoms with van der Waals surface area (Å²) in [6, 6.07) is 64.3. The summed E-state index contributed by atoms with van der Waals surface area (Å²) in [5.41, 5.74) is 23.2. The second-order valence-electron chi connectivity index (χ2n) is 18.7. The van der Waals surface area contributed by atoms with Gasteiger partial charge in [-0.05, 0) is 177 Å². The number of aldehydes is 1. The highest BCUT2D eigenvalue weighted by Gasteiger charge is 2.14. The summed E-state index contributed by atoms with van der Waals surface area (Å²) in [5, 5.41) is 0.744. The van der Waals surface area contributed by atoms with Crippen LogP contribution in [0.1, 0.15) is 82.7 Å². The van der Waals surface area contributed by atoms with Crippen LogP contribution in [-0.4, -0.2) is 19.5 Å². The van der Waals surface area contributed by atoms with Crippen molar-refractivity contribution in [1.29, 1.82) is 0 Å². The second kappa shape index (κ2) is 25.9. The van der Waals surface area contributed by atoms with E-state index in [0.29, 0.717) is 18.8 Å². The van der Waals surface area contributed by atoms with Gasteiger partial charge in [0, 0.05) is 10.6 Å². The molecule has 9 aromatic rings. The number of fused-ring (bicyclic) bond motifs is 1. The number of carbonyl (C=O) groups excluding carboxylic acids is 1. The Morgan fingerprint density at radius 2 is 0.789 bits per heavy atom. The number of aryl methyl sites for hydroxylation is 2. The molecule has 76 heavy (non-hydrogen) atoms. The molecule has 1 aliphatic rings. The Labute approximate surface area is 455 Å². The van der Waals surface area contributed by atoms with E-state index in [1.54, 1.807) is 0 Å². The van der Waals surface area contributed by atoms with E-state index in [9.17, 15) is 4.79 Å². The third-order valence-electron chi connectivity index (χ3n) is 13.7. The molecular weight excluding hydrogens is 948 g/mol. The Balaban J connectivity index is 0.000000152. The first kappa shape index (κ1) is 53.5. The van der Waals surface area contributed by atoms with Crippen molar-refractivity contribution in [2.75, 3.05) is 13.2 Å². The zero-order chi connectivity index (χ0) is 53.4. The van der Waals surface area contributed by atoms with E-state index in [0.717, 1.165) is 56.2 Å². The summed E-state index contributed by atoms with van der Waals surface area (Å²) >= 11 is 6.30. The van der Waals surface area contributed by atoms with E-state index in [-0.39, 0.29) is 0 Å². The largest absolute Gasteiger partial charge is 0.486 e. The molecular formula is C72H63ClO3. The first-order chi connectivity index (χ1) is 37.0. The molecule has 0 aliphatic carbocycles. The predicted octanol–water partition coefficient (Wildman–Crippen LogP) is 19.6. The van der Waals surface area contributed by atoms with Gasteiger partial charge in [0.15, 0.2) is 11.5 Å². The maximum atomic E-state index is 11.0. The van der Waals surface area contributed by atoms with Crippen LogP contribution in [0.2, 0.25) is 5.02 Å². The molecule has 10 rings (SSSR count). The molecule has 0 amide bonds. The van der Waals surface area contributed by atoms with E-state index >= 15 is 0 Å². The molecule has 4 heteroatoms. The average Bonchev–Trinajstić information content (AvgIpc) is 3.47. The number of carbonyl (C=O) groups is 1. The molecule has 0 saturated carbocycles. The number of rotatable bonds is 12. The zero-order valence-electron chi connectivity index (χ0n) is 44.0. The minimum Gasteiger partial charge on any atom is -0.486 e. The zero-order valence-corrected chi connectivity index (χ0v) is 44.8. The van der Waals surface area contributed by atoms with Crippen LogP contribution in [0.15, 0.2) is 201 Å². The summed E-state index contributed by atoms with van der Waals surface area (Å²) in [6.07, 6.45) is 17.3. The molecule has 0 aromatic heterocycles. The molecule has 0 saturated heterocycles. The Kier molecular flexibility index (Phi) is 18.3. The number of hydrogen-bond acceptors (Lipinski definition) is 3. The lowest BCUT2D eigenvalue weighted by Crippen LogP contribution is -2.15. The van der Waals surface area contributed by atoms with E-state index < -0.39 is 0 Å². The quantitative estimate of drug-likeness (QED) is 0.0904. The Morgan fingerprint density at radius 1 is 0.382 bits per heavy atom. The van der Waals surface area contributed by atoms with Crippen molar-refractivity contribution in [3.8, 4) is 44.9 Å². The molecule has 3 nitrogen and oxygen atoms in total. The summed E-state index contributed by atoms with van der Waals surface area (Å²) in [6.45, 7) is 19.5. The van der Waals surface area contributed by atoms with Crippen molar-refractivity contribution in [2.45, 2.75) is 34.6 Å². The summed E-state index contributed by atoms with van der Waals surface area (Å²) in [5.74, 6) is 1.64. The van der Waals surface area contributed by atoms with Gasteiger partial charge in [-0.3, -0.25) is 4.79 Å². The molecule has 0 bridgehead atoms. The van der Waals surface area contributed by atoms with Crippen LogP contribution >= 0.6 is 11.6 Å². The number of halogens is 1. The highest BCUT2D eigenvalue weighted by molar-refractivity contribution is 6.32. The smallest absolute Gasteiger partial charge is 0.161 e. The highest BCUT2D eigenvalue weighted by Crippen LogP contribution is 2.37. The average molecular weight is 1010 g/mol. The molecule has 0 fully saturated rings. The van der Waals surface area contributed by atoms with Crippen LogP contribution in [0, 0.1) is 34.6 Å². The molecule has 0 N–H and O–H groups in total. The fourth-order valence-electron chi connectivity index (χ4n) is 9.12. The summed E-state index contributed by atoms with van der Waals surface area (Å²) < 4.78 is 11.4. The van der Waals surface area contributed by atoms with Crippen LogP contribution in [0.5, 0.6) is 11.5 Å². The Morgan fingerprint density at radius 3 is 1.28 bits per heavy atom. The van der Waals surface area contributed by atoms with Gasteiger partial charge in [0.25, 0.3) is 0 Å². The maximum Gasteiger partial charge on any atom is 0.161 e. The maximum absolute atomic E-state index is 11.0. The third-order valence-corrected chi connectivity index (χ3v) is 14.1. The van der Waals surface area contributed by atoms with Gasteiger partial charge < -0.3 is 9.47 Å². The Hall–Kier alpha value is -8.76. The van der Waals surface area contributed by atoms with Gasteiger partial charge in [-0.15, -0.1) is 0 Å². The van der Waals surface area contributed by atoms with Crippen LogP contribution in [0.4, 0.5) is 0 Å². The van der Waals surface area contributed by atoms with Crippen molar-refractivity contribution < 1.29 is 14.3 Å². The van der Waals surface area contributed by atoms with Gasteiger partial charge in [-0.2, -0.15) is 0 Å². The lowest BCUT2D eigenvalue weighted by Gasteiger charge is -2.19. The van der Waals surface area contributed by atoms with Gasteiger partial charge in [-0.25, -0.2) is 0 Å². The third kappa shape index (κ3) is 13.5. The number of benzene rings is 9. The molecule has 1 aliphatic heterocycles. The molecule has 0 radical (unpaired) electrons. The molecule has 0 atom stereocenters. The van der Waals surface area contributed by atoms with Gasteiger partial charge >= 0.3 is 0 Å². The molecule has 376 valence electrons. The SMILES string of the molecule is C=Cc1ccc(C)c(/C=C/c2cccc(-c3ccc4c(c3)OCCO4)c2C)c1.C=Cc1ccc(Cl)c(/C=C/c2cccc(-c3ccccc3)c2C)c1.Cc1ccc(C=O)cc1/C=C/c1cccc(-c2ccccc2)c1C. The molecule has 0 spiro atoms. The highest BCUT2D eigenvalue weighted by atomic mass is 35.5. The molecule has 1 heterocycles. The van der Waals surface area contributed by atoms with Crippen LogP contribution in [0.3, 0.4) is 0 Å². The standard InChI is InChI=1S/C26H24O2.C23H19Cl.C23H20O/c1-4-20-9-8-18(2)22(16-20)11-10-21-6-5-7-24(19(21)3)23-12-13-25-26(17-23)28-15-14-27-25;1-3-18-12-15-23(24)21(16-18)14-13-19-10-7-11-22(17(19)2)20-8-5-4-6-9-20;1-17-11-12-19(16-24)15-22(17)14-13-20-9-6-10-23(18(20)2)21-7-4-3-5-8-21/h4-13,16-17H,1,14-15H2,2-3H3;3-16H,1H2,2H3;3-16H,1-2H3/b11-10+;2*14-13+. The lowest BCUT2D eigenvalue weighted by atomic mass is 9.95. The normalized spacial score (nSPS) is 11.7. The monoisotopic (exact) mass is 1010 g/mol. The van der Waals surface area contributed by atoms with E-state index in [4.69, 9.17) is 21.1 Å². The van der Waals surface area contributed by atoms with Gasteiger partial charge in [0.05, 0.1) is 0 Å². The fourth-order valence-corrected chi connectivity index (χ4v) is 9.30. The predicted molar refractivity (Wildman–Crippen MR) is 327 cm³/mol. The first-order valence-corrected chi connectivity index (χ1v) is 26.0. The lowest BCUT2D eigenvalue weighted by molar-refractivity contribution is 0.112. The topological polar surface area (TPSA) is 35.5 Å². The van der Waals surface area contributed by atoms with Gasteiger partial charge in [0.1, 0.15) is 19.5 Å². The minimum absolute atomic E-state index is 0.599. The molecule has 9 aromatic carbocycles. The second-order valence-corrected chi connectivity index (χ2v) is 19.1. The van der Waals surface area contributed by atoms with Crippen molar-refractivity contribution >= 4 is 66.5 Å².